The minimum absolute atomic E-state index is 0.0266. The highest BCUT2D eigenvalue weighted by atomic mass is 19.1. The molecule has 28 heavy (non-hydrogen) atoms. The van der Waals surface area contributed by atoms with Crippen molar-refractivity contribution < 1.29 is 4.39 Å². The molecule has 3 aliphatic heterocycles. The third kappa shape index (κ3) is 3.47. The van der Waals surface area contributed by atoms with Gasteiger partial charge in [0.25, 0.3) is 0 Å². The molecule has 5 unspecified atom stereocenters. The molecule has 0 radical (unpaired) electrons. The number of halogens is 1. The summed E-state index contributed by atoms with van der Waals surface area (Å²) in [5.41, 5.74) is 15.7. The van der Waals surface area contributed by atoms with Crippen molar-refractivity contribution in [3.8, 4) is 0 Å². The molecule has 0 spiro atoms. The van der Waals surface area contributed by atoms with E-state index in [-0.39, 0.29) is 11.9 Å². The first-order chi connectivity index (χ1) is 13.8. The predicted molar refractivity (Wildman–Crippen MR) is 108 cm³/mol. The maximum Gasteiger partial charge on any atom is 0.128 e. The lowest BCUT2D eigenvalue weighted by Crippen LogP contribution is -2.47. The molecule has 3 fully saturated rings. The summed E-state index contributed by atoms with van der Waals surface area (Å²) in [5, 5.41) is 0. The van der Waals surface area contributed by atoms with Crippen LogP contribution in [0.3, 0.4) is 0 Å². The lowest BCUT2D eigenvalue weighted by atomic mass is 9.84. The van der Waals surface area contributed by atoms with E-state index in [2.05, 4.69) is 56.9 Å². The third-order valence-electron chi connectivity index (χ3n) is 6.58. The van der Waals surface area contributed by atoms with Crippen LogP contribution < -0.4 is 21.7 Å². The van der Waals surface area contributed by atoms with Crippen LogP contribution in [-0.4, -0.2) is 37.1 Å². The molecule has 0 bridgehead atoms. The van der Waals surface area contributed by atoms with Crippen molar-refractivity contribution in [3.63, 3.8) is 0 Å². The molecule has 148 valence electrons. The van der Waals surface area contributed by atoms with Crippen LogP contribution in [0.15, 0.2) is 54.6 Å². The smallest absolute Gasteiger partial charge is 0.128 e. The molecule has 4 N–H and O–H groups in total. The average Bonchev–Trinajstić information content (AvgIpc) is 3.36. The molecule has 0 saturated carbocycles. The second kappa shape index (κ2) is 7.89. The van der Waals surface area contributed by atoms with Crippen molar-refractivity contribution in [1.29, 1.82) is 0 Å². The third-order valence-corrected chi connectivity index (χ3v) is 6.58. The van der Waals surface area contributed by atoms with Gasteiger partial charge in [-0.15, -0.1) is 0 Å². The zero-order valence-corrected chi connectivity index (χ0v) is 15.9. The first-order valence-corrected chi connectivity index (χ1v) is 10.3. The van der Waals surface area contributed by atoms with Gasteiger partial charge in [-0.25, -0.2) is 15.2 Å². The lowest BCUT2D eigenvalue weighted by molar-refractivity contribution is 0.133. The molecule has 2 aromatic carbocycles. The second-order valence-electron chi connectivity index (χ2n) is 8.28. The molecule has 6 heteroatoms. The summed E-state index contributed by atoms with van der Waals surface area (Å²) < 4.78 is 14.4. The predicted octanol–water partition coefficient (Wildman–Crippen LogP) is 2.13. The van der Waals surface area contributed by atoms with Crippen LogP contribution in [0.2, 0.25) is 0 Å². The van der Waals surface area contributed by atoms with Gasteiger partial charge in [0.2, 0.25) is 0 Å². The molecular formula is C22H28FN5. The highest BCUT2D eigenvalue weighted by Crippen LogP contribution is 2.35. The molecule has 5 rings (SSSR count). The fraction of sp³-hybridized carbons (Fsp3) is 0.455. The van der Waals surface area contributed by atoms with Crippen molar-refractivity contribution >= 4 is 0 Å². The van der Waals surface area contributed by atoms with E-state index in [1.54, 1.807) is 12.1 Å². The summed E-state index contributed by atoms with van der Waals surface area (Å²) in [6.45, 7) is 4.09. The van der Waals surface area contributed by atoms with Gasteiger partial charge in [0.1, 0.15) is 5.82 Å². The fourth-order valence-electron chi connectivity index (χ4n) is 5.13. The van der Waals surface area contributed by atoms with E-state index in [0.717, 1.165) is 38.2 Å². The minimum Gasteiger partial charge on any atom is -0.302 e. The number of rotatable bonds is 4. The van der Waals surface area contributed by atoms with Gasteiger partial charge < -0.3 is 4.90 Å². The number of fused-ring (bicyclic) bond motifs is 1. The van der Waals surface area contributed by atoms with Gasteiger partial charge in [0, 0.05) is 43.1 Å². The van der Waals surface area contributed by atoms with Crippen LogP contribution in [0, 0.1) is 17.7 Å². The van der Waals surface area contributed by atoms with Crippen LogP contribution >= 0.6 is 0 Å². The quantitative estimate of drug-likeness (QED) is 0.654. The lowest BCUT2D eigenvalue weighted by Gasteiger charge is -2.38. The Morgan fingerprint density at radius 3 is 2.61 bits per heavy atom. The summed E-state index contributed by atoms with van der Waals surface area (Å²) >= 11 is 0. The summed E-state index contributed by atoms with van der Waals surface area (Å²) in [4.78, 5) is 2.57. The zero-order valence-electron chi connectivity index (χ0n) is 15.9. The average molecular weight is 381 g/mol. The normalized spacial score (nSPS) is 33.1. The van der Waals surface area contributed by atoms with E-state index in [1.807, 2.05) is 12.1 Å². The first-order valence-electron chi connectivity index (χ1n) is 10.3. The van der Waals surface area contributed by atoms with Crippen LogP contribution in [0.1, 0.15) is 29.6 Å². The number of nitrogens with one attached hydrogen (secondary N) is 4. The maximum absolute atomic E-state index is 14.4. The Bertz CT molecular complexity index is 801. The van der Waals surface area contributed by atoms with E-state index in [4.69, 9.17) is 0 Å². The van der Waals surface area contributed by atoms with Gasteiger partial charge in [0.15, 0.2) is 0 Å². The highest BCUT2D eigenvalue weighted by Gasteiger charge is 2.42. The highest BCUT2D eigenvalue weighted by molar-refractivity contribution is 5.24. The molecule has 3 saturated heterocycles. The van der Waals surface area contributed by atoms with E-state index in [0.29, 0.717) is 23.9 Å². The Hall–Kier alpha value is -1.83. The molecule has 0 aromatic heterocycles. The Kier molecular flexibility index (Phi) is 5.13. The second-order valence-corrected chi connectivity index (χ2v) is 8.28. The number of likely N-dealkylation sites (tertiary alicyclic amines) is 1. The van der Waals surface area contributed by atoms with Crippen LogP contribution in [0.25, 0.3) is 0 Å². The molecular weight excluding hydrogens is 353 g/mol. The van der Waals surface area contributed by atoms with Crippen molar-refractivity contribution in [2.24, 2.45) is 11.8 Å². The largest absolute Gasteiger partial charge is 0.302 e. The monoisotopic (exact) mass is 381 g/mol. The number of benzene rings is 2. The van der Waals surface area contributed by atoms with Crippen LogP contribution in [0.4, 0.5) is 4.39 Å². The number of hydrazine groups is 2. The molecule has 5 atom stereocenters. The summed E-state index contributed by atoms with van der Waals surface area (Å²) in [6, 6.07) is 18.6. The Balaban J connectivity index is 1.28. The van der Waals surface area contributed by atoms with Gasteiger partial charge in [0.05, 0.1) is 12.1 Å². The maximum atomic E-state index is 14.4. The first kappa shape index (κ1) is 18.2. The fourth-order valence-corrected chi connectivity index (χ4v) is 5.13. The summed E-state index contributed by atoms with van der Waals surface area (Å²) in [5.74, 6) is 0.782. The Morgan fingerprint density at radius 1 is 0.929 bits per heavy atom. The molecule has 3 aliphatic rings. The van der Waals surface area contributed by atoms with E-state index < -0.39 is 0 Å². The SMILES string of the molecule is Fc1ccccc1C1NNC2CCN(CC3CNNC3c3ccccc3)CC21. The van der Waals surface area contributed by atoms with Crippen molar-refractivity contribution in [2.75, 3.05) is 26.2 Å². The number of hydrogen-bond acceptors (Lipinski definition) is 5. The van der Waals surface area contributed by atoms with Gasteiger partial charge in [-0.2, -0.15) is 0 Å². The minimum atomic E-state index is -0.118. The number of hydrogen-bond donors (Lipinski definition) is 4. The van der Waals surface area contributed by atoms with Crippen molar-refractivity contribution in [1.82, 2.24) is 26.6 Å². The zero-order chi connectivity index (χ0) is 18.9. The molecule has 0 amide bonds. The molecule has 2 aromatic rings. The van der Waals surface area contributed by atoms with Crippen LogP contribution in [-0.2, 0) is 0 Å². The topological polar surface area (TPSA) is 51.4 Å². The van der Waals surface area contributed by atoms with E-state index in [1.165, 1.54) is 5.56 Å². The van der Waals surface area contributed by atoms with Crippen molar-refractivity contribution in [2.45, 2.75) is 24.5 Å². The van der Waals surface area contributed by atoms with Crippen LogP contribution in [0.5, 0.6) is 0 Å². The molecule has 5 nitrogen and oxygen atoms in total. The summed E-state index contributed by atoms with van der Waals surface area (Å²) in [6.07, 6.45) is 1.09. The van der Waals surface area contributed by atoms with Gasteiger partial charge in [-0.3, -0.25) is 10.9 Å². The van der Waals surface area contributed by atoms with Gasteiger partial charge in [-0.1, -0.05) is 48.5 Å². The molecule has 3 heterocycles. The number of piperidine rings is 1. The molecule has 0 aliphatic carbocycles. The van der Waals surface area contributed by atoms with Crippen molar-refractivity contribution in [3.05, 3.63) is 71.5 Å². The summed E-state index contributed by atoms with van der Waals surface area (Å²) in [7, 11) is 0. The van der Waals surface area contributed by atoms with E-state index >= 15 is 0 Å². The Labute approximate surface area is 165 Å². The number of nitrogens with zero attached hydrogens (tertiary/aromatic N) is 1. The Morgan fingerprint density at radius 2 is 1.75 bits per heavy atom. The van der Waals surface area contributed by atoms with Gasteiger partial charge in [-0.05, 0) is 24.6 Å². The van der Waals surface area contributed by atoms with Gasteiger partial charge >= 0.3 is 0 Å². The standard InChI is InChI=1S/C22H28FN5/c23-19-9-5-4-8-17(19)22-18-14-28(11-10-20(18)25-27-22)13-16-12-24-26-21(16)15-6-2-1-3-7-15/h1-9,16,18,20-22,24-27H,10-14H2. The van der Waals surface area contributed by atoms with E-state index in [9.17, 15) is 4.39 Å².